The van der Waals surface area contributed by atoms with Gasteiger partial charge >= 0.3 is 0 Å². The predicted octanol–water partition coefficient (Wildman–Crippen LogP) is 1.42. The molecular formula is C9H15BrN2S. The summed E-state index contributed by atoms with van der Waals surface area (Å²) in [4.78, 5) is 2.54. The minimum absolute atomic E-state index is 0.317. The average Bonchev–Trinajstić information content (AvgIpc) is 2.03. The van der Waals surface area contributed by atoms with Crippen LogP contribution in [0.15, 0.2) is 10.6 Å². The normalized spacial score (nSPS) is 28.0. The highest BCUT2D eigenvalue weighted by Crippen LogP contribution is 2.36. The summed E-state index contributed by atoms with van der Waals surface area (Å²) in [5, 5.41) is 0. The summed E-state index contributed by atoms with van der Waals surface area (Å²) in [6, 6.07) is 0. The molecule has 2 aliphatic heterocycles. The summed E-state index contributed by atoms with van der Waals surface area (Å²) < 4.78 is 1.32. The number of thioether (sulfide) groups is 1. The highest BCUT2D eigenvalue weighted by Gasteiger charge is 2.42. The molecule has 0 spiro atoms. The molecule has 0 radical (unpaired) electrons. The predicted molar refractivity (Wildman–Crippen MR) is 62.3 cm³/mol. The third-order valence-electron chi connectivity index (χ3n) is 2.90. The molecule has 1 saturated heterocycles. The zero-order valence-corrected chi connectivity index (χ0v) is 10.0. The lowest BCUT2D eigenvalue weighted by molar-refractivity contribution is 0.138. The van der Waals surface area contributed by atoms with Crippen LogP contribution in [-0.4, -0.2) is 41.6 Å². The summed E-state index contributed by atoms with van der Waals surface area (Å²) in [7, 11) is 0. The number of hydrogen-bond acceptors (Lipinski definition) is 3. The first kappa shape index (κ1) is 10.0. The van der Waals surface area contributed by atoms with E-state index in [1.807, 2.05) is 11.8 Å². The summed E-state index contributed by atoms with van der Waals surface area (Å²) in [5.74, 6) is 2.42. The van der Waals surface area contributed by atoms with Crippen molar-refractivity contribution < 1.29 is 0 Å². The minimum Gasteiger partial charge on any atom is -0.329 e. The van der Waals surface area contributed by atoms with Crippen LogP contribution in [0.5, 0.6) is 0 Å². The second-order valence-corrected chi connectivity index (χ2v) is 5.79. The van der Waals surface area contributed by atoms with Crippen LogP contribution in [0.3, 0.4) is 0 Å². The standard InChI is InChI=1S/C9H15BrN2S/c10-8-2-1-3-12(4-8)9(5-11)6-13-7-9/h2H,1,3-7,11H2. The van der Waals surface area contributed by atoms with Gasteiger partial charge in [-0.3, -0.25) is 4.90 Å². The molecular weight excluding hydrogens is 248 g/mol. The summed E-state index contributed by atoms with van der Waals surface area (Å²) in [6.45, 7) is 3.03. The molecule has 4 heteroatoms. The van der Waals surface area contributed by atoms with Gasteiger partial charge in [-0.15, -0.1) is 0 Å². The van der Waals surface area contributed by atoms with E-state index in [9.17, 15) is 0 Å². The number of halogens is 1. The van der Waals surface area contributed by atoms with Crippen LogP contribution >= 0.6 is 27.7 Å². The second kappa shape index (κ2) is 3.93. The zero-order chi connectivity index (χ0) is 9.31. The van der Waals surface area contributed by atoms with E-state index in [1.54, 1.807) is 0 Å². The fraction of sp³-hybridized carbons (Fsp3) is 0.778. The van der Waals surface area contributed by atoms with Gasteiger partial charge in [0.2, 0.25) is 0 Å². The molecule has 0 atom stereocenters. The van der Waals surface area contributed by atoms with Crippen LogP contribution in [0.25, 0.3) is 0 Å². The number of nitrogens with zero attached hydrogens (tertiary/aromatic N) is 1. The Morgan fingerprint density at radius 2 is 2.38 bits per heavy atom. The number of rotatable bonds is 2. The summed E-state index contributed by atoms with van der Waals surface area (Å²) >= 11 is 5.58. The van der Waals surface area contributed by atoms with E-state index in [4.69, 9.17) is 5.73 Å². The SMILES string of the molecule is NCC1(N2CCC=C(Br)C2)CSC1. The maximum absolute atomic E-state index is 5.86. The first-order chi connectivity index (χ1) is 6.27. The van der Waals surface area contributed by atoms with Crippen molar-refractivity contribution in [3.63, 3.8) is 0 Å². The highest BCUT2D eigenvalue weighted by atomic mass is 79.9. The quantitative estimate of drug-likeness (QED) is 0.817. The fourth-order valence-electron chi connectivity index (χ4n) is 1.88. The van der Waals surface area contributed by atoms with E-state index in [2.05, 4.69) is 26.9 Å². The van der Waals surface area contributed by atoms with E-state index in [0.717, 1.165) is 19.5 Å². The van der Waals surface area contributed by atoms with Crippen LogP contribution in [0, 0.1) is 0 Å². The van der Waals surface area contributed by atoms with Crippen LogP contribution in [-0.2, 0) is 0 Å². The van der Waals surface area contributed by atoms with E-state index < -0.39 is 0 Å². The molecule has 0 aromatic rings. The molecule has 2 heterocycles. The minimum atomic E-state index is 0.317. The number of nitrogens with two attached hydrogens (primary N) is 1. The van der Waals surface area contributed by atoms with Gasteiger partial charge in [-0.05, 0) is 6.42 Å². The molecule has 0 bridgehead atoms. The van der Waals surface area contributed by atoms with Crippen molar-refractivity contribution in [2.24, 2.45) is 5.73 Å². The van der Waals surface area contributed by atoms with Gasteiger partial charge in [0.15, 0.2) is 0 Å². The van der Waals surface area contributed by atoms with Crippen molar-refractivity contribution in [3.8, 4) is 0 Å². The molecule has 0 aromatic carbocycles. The Balaban J connectivity index is 2.03. The topological polar surface area (TPSA) is 29.3 Å². The van der Waals surface area contributed by atoms with Crippen molar-refractivity contribution in [2.75, 3.05) is 31.1 Å². The zero-order valence-electron chi connectivity index (χ0n) is 7.63. The average molecular weight is 263 g/mol. The summed E-state index contributed by atoms with van der Waals surface area (Å²) in [5.41, 5.74) is 6.17. The van der Waals surface area contributed by atoms with Gasteiger partial charge < -0.3 is 5.73 Å². The Labute approximate surface area is 92.0 Å². The van der Waals surface area contributed by atoms with Crippen molar-refractivity contribution >= 4 is 27.7 Å². The molecule has 2 nitrogen and oxygen atoms in total. The Kier molecular flexibility index (Phi) is 3.03. The molecule has 2 rings (SSSR count). The van der Waals surface area contributed by atoms with E-state index >= 15 is 0 Å². The maximum Gasteiger partial charge on any atom is 0.0515 e. The second-order valence-electron chi connectivity index (χ2n) is 3.78. The molecule has 2 N–H and O–H groups in total. The van der Waals surface area contributed by atoms with E-state index in [1.165, 1.54) is 22.5 Å². The van der Waals surface area contributed by atoms with Crippen LogP contribution < -0.4 is 5.73 Å². The summed E-state index contributed by atoms with van der Waals surface area (Å²) in [6.07, 6.45) is 3.43. The first-order valence-corrected chi connectivity index (χ1v) is 6.59. The van der Waals surface area contributed by atoms with Gasteiger partial charge in [-0.2, -0.15) is 11.8 Å². The molecule has 0 unspecified atom stereocenters. The Morgan fingerprint density at radius 3 is 2.85 bits per heavy atom. The largest absolute Gasteiger partial charge is 0.329 e. The van der Waals surface area contributed by atoms with Crippen molar-refractivity contribution in [1.29, 1.82) is 0 Å². The van der Waals surface area contributed by atoms with Crippen LogP contribution in [0.1, 0.15) is 6.42 Å². The lowest BCUT2D eigenvalue weighted by Crippen LogP contribution is -2.63. The number of hydrogen-bond donors (Lipinski definition) is 1. The molecule has 0 aromatic heterocycles. The van der Waals surface area contributed by atoms with Gasteiger partial charge in [-0.1, -0.05) is 22.0 Å². The Hall–Kier alpha value is 0.490. The molecule has 0 aliphatic carbocycles. The van der Waals surface area contributed by atoms with Crippen molar-refractivity contribution in [1.82, 2.24) is 4.90 Å². The molecule has 74 valence electrons. The lowest BCUT2D eigenvalue weighted by Gasteiger charge is -2.50. The molecule has 2 aliphatic rings. The molecule has 0 amide bonds. The van der Waals surface area contributed by atoms with Gasteiger partial charge in [0, 0.05) is 35.6 Å². The van der Waals surface area contributed by atoms with Crippen molar-refractivity contribution in [2.45, 2.75) is 12.0 Å². The van der Waals surface area contributed by atoms with E-state index in [0.29, 0.717) is 5.54 Å². The maximum atomic E-state index is 5.86. The smallest absolute Gasteiger partial charge is 0.0515 e. The van der Waals surface area contributed by atoms with Gasteiger partial charge in [0.25, 0.3) is 0 Å². The van der Waals surface area contributed by atoms with Gasteiger partial charge in [0.05, 0.1) is 5.54 Å². The van der Waals surface area contributed by atoms with Crippen LogP contribution in [0.2, 0.25) is 0 Å². The van der Waals surface area contributed by atoms with Gasteiger partial charge in [-0.25, -0.2) is 0 Å². The monoisotopic (exact) mass is 262 g/mol. The van der Waals surface area contributed by atoms with Crippen LogP contribution in [0.4, 0.5) is 0 Å². The third kappa shape index (κ3) is 1.82. The van der Waals surface area contributed by atoms with Gasteiger partial charge in [0.1, 0.15) is 0 Å². The van der Waals surface area contributed by atoms with E-state index in [-0.39, 0.29) is 0 Å². The highest BCUT2D eigenvalue weighted by molar-refractivity contribution is 9.11. The first-order valence-electron chi connectivity index (χ1n) is 4.64. The fourth-order valence-corrected chi connectivity index (χ4v) is 3.68. The molecule has 0 saturated carbocycles. The third-order valence-corrected chi connectivity index (χ3v) is 4.96. The van der Waals surface area contributed by atoms with Crippen molar-refractivity contribution in [3.05, 3.63) is 10.6 Å². The Bertz CT molecular complexity index is 220. The molecule has 1 fully saturated rings. The Morgan fingerprint density at radius 1 is 1.62 bits per heavy atom. The molecule has 13 heavy (non-hydrogen) atoms. The lowest BCUT2D eigenvalue weighted by atomic mass is 9.99.